The van der Waals surface area contributed by atoms with Crippen LogP contribution in [0.4, 0.5) is 10.5 Å². The number of nitrogens with one attached hydrogen (secondary N) is 1. The van der Waals surface area contributed by atoms with Gasteiger partial charge in [-0.25, -0.2) is 9.59 Å². The molecule has 1 fully saturated rings. The van der Waals surface area contributed by atoms with Crippen LogP contribution in [0.2, 0.25) is 5.02 Å². The number of amides is 2. The number of hydrogen-bond acceptors (Lipinski definition) is 3. The highest BCUT2D eigenvalue weighted by Crippen LogP contribution is 2.22. The molecule has 7 heteroatoms. The molecule has 108 valence electrons. The van der Waals surface area contributed by atoms with E-state index in [0.717, 1.165) is 11.3 Å². The minimum Gasteiger partial charge on any atom is -0.480 e. The molecule has 0 saturated carbocycles. The van der Waals surface area contributed by atoms with E-state index in [2.05, 4.69) is 5.32 Å². The van der Waals surface area contributed by atoms with E-state index < -0.39 is 18.0 Å². The molecule has 0 aromatic heterocycles. The monoisotopic (exact) mass is 314 g/mol. The summed E-state index contributed by atoms with van der Waals surface area (Å²) in [6.45, 7) is 2.28. The van der Waals surface area contributed by atoms with Gasteiger partial charge in [0.05, 0.1) is 0 Å². The minimum absolute atomic E-state index is 0.400. The smallest absolute Gasteiger partial charge is 0.327 e. The van der Waals surface area contributed by atoms with Crippen molar-refractivity contribution in [1.29, 1.82) is 0 Å². The van der Waals surface area contributed by atoms with Gasteiger partial charge in [0, 0.05) is 28.8 Å². The topological polar surface area (TPSA) is 69.6 Å². The van der Waals surface area contributed by atoms with Crippen LogP contribution in [-0.2, 0) is 4.79 Å². The third kappa shape index (κ3) is 3.37. The van der Waals surface area contributed by atoms with E-state index in [4.69, 9.17) is 16.7 Å². The first kappa shape index (κ1) is 15.0. The highest BCUT2D eigenvalue weighted by Gasteiger charge is 2.32. The highest BCUT2D eigenvalue weighted by molar-refractivity contribution is 7.99. The normalized spacial score (nSPS) is 18.7. The molecule has 1 aromatic rings. The molecule has 1 atom stereocenters. The number of nitrogens with zero attached hydrogens (tertiary/aromatic N) is 1. The molecule has 2 amide bonds. The van der Waals surface area contributed by atoms with Crippen LogP contribution in [0.1, 0.15) is 5.56 Å². The average molecular weight is 315 g/mol. The summed E-state index contributed by atoms with van der Waals surface area (Å²) >= 11 is 7.44. The molecule has 5 nitrogen and oxygen atoms in total. The number of aliphatic carboxylic acids is 1. The number of halogens is 1. The summed E-state index contributed by atoms with van der Waals surface area (Å²) in [7, 11) is 0. The van der Waals surface area contributed by atoms with Gasteiger partial charge in [-0.3, -0.25) is 0 Å². The first-order valence-electron chi connectivity index (χ1n) is 6.13. The molecule has 1 aliphatic heterocycles. The third-order valence-corrected chi connectivity index (χ3v) is 4.37. The van der Waals surface area contributed by atoms with Crippen LogP contribution in [0.5, 0.6) is 0 Å². The van der Waals surface area contributed by atoms with Crippen LogP contribution >= 0.6 is 23.4 Å². The van der Waals surface area contributed by atoms with Gasteiger partial charge >= 0.3 is 12.0 Å². The maximum absolute atomic E-state index is 12.2. The first-order chi connectivity index (χ1) is 9.49. The SMILES string of the molecule is Cc1ccc(Cl)cc1NC(=O)N1CCSCC1C(=O)O. The first-order valence-corrected chi connectivity index (χ1v) is 7.66. The van der Waals surface area contributed by atoms with Gasteiger partial charge in [-0.15, -0.1) is 0 Å². The van der Waals surface area contributed by atoms with Crippen molar-refractivity contribution in [3.8, 4) is 0 Å². The molecule has 2 rings (SSSR count). The summed E-state index contributed by atoms with van der Waals surface area (Å²) < 4.78 is 0. The highest BCUT2D eigenvalue weighted by atomic mass is 35.5. The summed E-state index contributed by atoms with van der Waals surface area (Å²) in [6.07, 6.45) is 0. The van der Waals surface area contributed by atoms with Gasteiger partial charge < -0.3 is 15.3 Å². The Morgan fingerprint density at radius 2 is 2.25 bits per heavy atom. The molecule has 1 aliphatic rings. The molecule has 20 heavy (non-hydrogen) atoms. The number of carboxylic acid groups (broad SMARTS) is 1. The van der Waals surface area contributed by atoms with Crippen molar-refractivity contribution in [3.63, 3.8) is 0 Å². The number of benzene rings is 1. The molecular formula is C13H15ClN2O3S. The Morgan fingerprint density at radius 1 is 1.50 bits per heavy atom. The van der Waals surface area contributed by atoms with Crippen molar-refractivity contribution in [2.24, 2.45) is 0 Å². The summed E-state index contributed by atoms with van der Waals surface area (Å²) in [4.78, 5) is 24.8. The number of rotatable bonds is 2. The Morgan fingerprint density at radius 3 is 2.95 bits per heavy atom. The van der Waals surface area contributed by atoms with Crippen LogP contribution in [0.25, 0.3) is 0 Å². The van der Waals surface area contributed by atoms with E-state index >= 15 is 0 Å². The van der Waals surface area contributed by atoms with Gasteiger partial charge in [0.2, 0.25) is 0 Å². The number of carbonyl (C=O) groups excluding carboxylic acids is 1. The number of hydrogen-bond donors (Lipinski definition) is 2. The van der Waals surface area contributed by atoms with Gasteiger partial charge in [-0.1, -0.05) is 17.7 Å². The van der Waals surface area contributed by atoms with Crippen LogP contribution in [0.15, 0.2) is 18.2 Å². The van der Waals surface area contributed by atoms with Gasteiger partial charge in [0.25, 0.3) is 0 Å². The molecule has 1 heterocycles. The van der Waals surface area contributed by atoms with Crippen LogP contribution in [-0.4, -0.2) is 46.1 Å². The Balaban J connectivity index is 2.14. The van der Waals surface area contributed by atoms with E-state index in [9.17, 15) is 9.59 Å². The van der Waals surface area contributed by atoms with E-state index in [1.165, 1.54) is 4.90 Å². The molecule has 2 N–H and O–H groups in total. The van der Waals surface area contributed by atoms with E-state index in [1.54, 1.807) is 30.0 Å². The lowest BCUT2D eigenvalue weighted by Crippen LogP contribution is -2.51. The Labute approximate surface area is 126 Å². The summed E-state index contributed by atoms with van der Waals surface area (Å²) in [6, 6.07) is 4.02. The second kappa shape index (κ2) is 6.37. The van der Waals surface area contributed by atoms with Crippen molar-refractivity contribution in [2.75, 3.05) is 23.4 Å². The van der Waals surface area contributed by atoms with Crippen molar-refractivity contribution in [3.05, 3.63) is 28.8 Å². The number of anilines is 1. The van der Waals surface area contributed by atoms with E-state index in [0.29, 0.717) is 23.0 Å². The molecular weight excluding hydrogens is 300 g/mol. The molecule has 0 aliphatic carbocycles. The second-order valence-electron chi connectivity index (χ2n) is 4.51. The van der Waals surface area contributed by atoms with Crippen molar-refractivity contribution in [2.45, 2.75) is 13.0 Å². The van der Waals surface area contributed by atoms with Gasteiger partial charge in [0.1, 0.15) is 6.04 Å². The number of thioether (sulfide) groups is 1. The van der Waals surface area contributed by atoms with E-state index in [1.807, 2.05) is 6.92 Å². The third-order valence-electron chi connectivity index (χ3n) is 3.12. The Kier molecular flexibility index (Phi) is 4.77. The standard InChI is InChI=1S/C13H15ClN2O3S/c1-8-2-3-9(14)6-10(8)15-13(19)16-4-5-20-7-11(16)12(17)18/h2-3,6,11H,4-5,7H2,1H3,(H,15,19)(H,17,18). The molecule has 1 aromatic carbocycles. The lowest BCUT2D eigenvalue weighted by atomic mass is 10.2. The summed E-state index contributed by atoms with van der Waals surface area (Å²) in [5.41, 5.74) is 1.48. The van der Waals surface area contributed by atoms with Crippen LogP contribution in [0.3, 0.4) is 0 Å². The Bertz CT molecular complexity index is 538. The maximum atomic E-state index is 12.2. The molecule has 1 saturated heterocycles. The number of aryl methyl sites for hydroxylation is 1. The van der Waals surface area contributed by atoms with Crippen LogP contribution < -0.4 is 5.32 Å². The number of carboxylic acids is 1. The number of carbonyl (C=O) groups is 2. The summed E-state index contributed by atoms with van der Waals surface area (Å²) in [5, 5.41) is 12.4. The largest absolute Gasteiger partial charge is 0.480 e. The molecule has 1 unspecified atom stereocenters. The zero-order valence-corrected chi connectivity index (χ0v) is 12.5. The lowest BCUT2D eigenvalue weighted by Gasteiger charge is -2.32. The Hall–Kier alpha value is -1.40. The fourth-order valence-electron chi connectivity index (χ4n) is 1.97. The fraction of sp³-hybridized carbons (Fsp3) is 0.385. The molecule has 0 radical (unpaired) electrons. The predicted molar refractivity (Wildman–Crippen MR) is 80.7 cm³/mol. The van der Waals surface area contributed by atoms with Gasteiger partial charge in [-0.05, 0) is 24.6 Å². The minimum atomic E-state index is -0.977. The number of urea groups is 1. The van der Waals surface area contributed by atoms with Crippen molar-refractivity contribution >= 4 is 41.1 Å². The molecule has 0 bridgehead atoms. The summed E-state index contributed by atoms with van der Waals surface area (Å²) in [5.74, 6) is 0.179. The predicted octanol–water partition coefficient (Wildman–Crippen LogP) is 2.68. The second-order valence-corrected chi connectivity index (χ2v) is 6.10. The zero-order valence-electron chi connectivity index (χ0n) is 10.9. The maximum Gasteiger partial charge on any atom is 0.327 e. The zero-order chi connectivity index (χ0) is 14.7. The molecule has 0 spiro atoms. The average Bonchev–Trinajstić information content (AvgIpc) is 2.42. The van der Waals surface area contributed by atoms with Crippen molar-refractivity contribution in [1.82, 2.24) is 4.90 Å². The van der Waals surface area contributed by atoms with Crippen LogP contribution in [0, 0.1) is 6.92 Å². The van der Waals surface area contributed by atoms with E-state index in [-0.39, 0.29) is 0 Å². The van der Waals surface area contributed by atoms with Gasteiger partial charge in [-0.2, -0.15) is 11.8 Å². The fourth-order valence-corrected chi connectivity index (χ4v) is 3.18. The lowest BCUT2D eigenvalue weighted by molar-refractivity contribution is -0.141. The quantitative estimate of drug-likeness (QED) is 0.880. The van der Waals surface area contributed by atoms with Gasteiger partial charge in [0.15, 0.2) is 0 Å². The van der Waals surface area contributed by atoms with Crippen molar-refractivity contribution < 1.29 is 14.7 Å².